The Kier molecular flexibility index (Phi) is 7.03. The summed E-state index contributed by atoms with van der Waals surface area (Å²) >= 11 is 0. The molecule has 2 aliphatic rings. The van der Waals surface area contributed by atoms with E-state index >= 15 is 0 Å². The molecule has 0 amide bonds. The molecule has 4 rings (SSSR count). The first kappa shape index (κ1) is 21.6. The van der Waals surface area contributed by atoms with Crippen LogP contribution < -0.4 is 15.5 Å². The van der Waals surface area contributed by atoms with E-state index in [2.05, 4.69) is 34.6 Å². The lowest BCUT2D eigenvalue weighted by Crippen LogP contribution is -2.41. The molecular formula is C25H34N6. The fraction of sp³-hybridized carbons (Fsp3) is 0.560. The van der Waals surface area contributed by atoms with Gasteiger partial charge in [-0.25, -0.2) is 4.98 Å². The van der Waals surface area contributed by atoms with E-state index < -0.39 is 0 Å². The van der Waals surface area contributed by atoms with Crippen LogP contribution in [0.1, 0.15) is 68.7 Å². The summed E-state index contributed by atoms with van der Waals surface area (Å²) in [5.41, 5.74) is 3.56. The van der Waals surface area contributed by atoms with Crippen LogP contribution in [0.2, 0.25) is 0 Å². The Morgan fingerprint density at radius 3 is 2.71 bits per heavy atom. The standard InChI is InChI=1S/C25H34N6/c1-3-7-21-15-24(31-13-12-23(17-31)27-20-8-5-4-6-9-20)30-25(28-21)29-22-11-10-18(2)19(14-22)16-26/h10-11,14-15,20,23,27H,3-9,12-13,17H2,1-2H3,(H,28,29,30)/t23-/m0/s1. The van der Waals surface area contributed by atoms with Gasteiger partial charge in [0.25, 0.3) is 0 Å². The molecule has 1 saturated carbocycles. The summed E-state index contributed by atoms with van der Waals surface area (Å²) < 4.78 is 0. The van der Waals surface area contributed by atoms with Crippen LogP contribution in [0, 0.1) is 18.3 Å². The van der Waals surface area contributed by atoms with Crippen molar-refractivity contribution in [1.29, 1.82) is 5.26 Å². The molecule has 2 fully saturated rings. The minimum Gasteiger partial charge on any atom is -0.355 e. The number of aromatic nitrogens is 2. The number of hydrogen-bond acceptors (Lipinski definition) is 6. The predicted octanol–water partition coefficient (Wildman–Crippen LogP) is 4.85. The molecule has 1 atom stereocenters. The first-order chi connectivity index (χ1) is 15.1. The van der Waals surface area contributed by atoms with Crippen molar-refractivity contribution < 1.29 is 0 Å². The van der Waals surface area contributed by atoms with E-state index in [1.54, 1.807) is 0 Å². The molecule has 164 valence electrons. The molecule has 2 aromatic rings. The van der Waals surface area contributed by atoms with Crippen molar-refractivity contribution >= 4 is 17.5 Å². The molecule has 1 aromatic heterocycles. The molecule has 2 N–H and O–H groups in total. The molecule has 1 aliphatic heterocycles. The normalized spacial score (nSPS) is 19.4. The van der Waals surface area contributed by atoms with Crippen LogP contribution in [-0.4, -0.2) is 35.1 Å². The van der Waals surface area contributed by atoms with Gasteiger partial charge in [0.15, 0.2) is 0 Å². The van der Waals surface area contributed by atoms with E-state index in [0.29, 0.717) is 23.6 Å². The number of nitrogens with zero attached hydrogens (tertiary/aromatic N) is 4. The second-order valence-corrected chi connectivity index (χ2v) is 8.99. The van der Waals surface area contributed by atoms with Gasteiger partial charge in [0, 0.05) is 42.6 Å². The first-order valence-corrected chi connectivity index (χ1v) is 11.8. The monoisotopic (exact) mass is 418 g/mol. The Morgan fingerprint density at radius 2 is 1.94 bits per heavy atom. The molecule has 0 bridgehead atoms. The maximum absolute atomic E-state index is 9.33. The molecule has 1 saturated heterocycles. The maximum Gasteiger partial charge on any atom is 0.229 e. The Labute approximate surface area is 186 Å². The molecule has 0 unspecified atom stereocenters. The molecule has 2 heterocycles. The van der Waals surface area contributed by atoms with Crippen molar-refractivity contribution in [2.45, 2.75) is 77.3 Å². The zero-order valence-corrected chi connectivity index (χ0v) is 18.8. The molecule has 0 spiro atoms. The summed E-state index contributed by atoms with van der Waals surface area (Å²) in [5, 5.41) is 16.6. The van der Waals surface area contributed by atoms with Gasteiger partial charge in [-0.15, -0.1) is 0 Å². The van der Waals surface area contributed by atoms with Crippen LogP contribution in [-0.2, 0) is 6.42 Å². The summed E-state index contributed by atoms with van der Waals surface area (Å²) in [4.78, 5) is 12.0. The van der Waals surface area contributed by atoms with Crippen LogP contribution >= 0.6 is 0 Å². The van der Waals surface area contributed by atoms with Crippen molar-refractivity contribution in [3.8, 4) is 6.07 Å². The van der Waals surface area contributed by atoms with Crippen LogP contribution in [0.25, 0.3) is 0 Å². The quantitative estimate of drug-likeness (QED) is 0.669. The molecule has 0 radical (unpaired) electrons. The second kappa shape index (κ2) is 10.1. The van der Waals surface area contributed by atoms with Gasteiger partial charge in [-0.3, -0.25) is 0 Å². The third-order valence-corrected chi connectivity index (χ3v) is 6.47. The molecule has 6 heteroatoms. The molecule has 1 aromatic carbocycles. The van der Waals surface area contributed by atoms with Gasteiger partial charge in [0.2, 0.25) is 5.95 Å². The number of nitriles is 1. The van der Waals surface area contributed by atoms with E-state index in [1.807, 2.05) is 25.1 Å². The SMILES string of the molecule is CCCc1cc(N2CC[C@H](NC3CCCCC3)C2)nc(Nc2ccc(C)c(C#N)c2)n1. The number of rotatable bonds is 7. The summed E-state index contributed by atoms with van der Waals surface area (Å²) in [7, 11) is 0. The van der Waals surface area contributed by atoms with Crippen molar-refractivity contribution in [3.05, 3.63) is 41.1 Å². The molecular weight excluding hydrogens is 384 g/mol. The average Bonchev–Trinajstić information content (AvgIpc) is 3.24. The Hall–Kier alpha value is -2.65. The topological polar surface area (TPSA) is 76.9 Å². The highest BCUT2D eigenvalue weighted by molar-refractivity contribution is 5.59. The van der Waals surface area contributed by atoms with E-state index in [0.717, 1.165) is 55.1 Å². The summed E-state index contributed by atoms with van der Waals surface area (Å²) in [6.45, 7) is 6.15. The van der Waals surface area contributed by atoms with E-state index in [1.165, 1.54) is 32.1 Å². The van der Waals surface area contributed by atoms with Gasteiger partial charge in [-0.1, -0.05) is 38.7 Å². The zero-order valence-electron chi connectivity index (χ0n) is 18.8. The molecule has 6 nitrogen and oxygen atoms in total. The second-order valence-electron chi connectivity index (χ2n) is 8.99. The predicted molar refractivity (Wildman–Crippen MR) is 126 cm³/mol. The lowest BCUT2D eigenvalue weighted by atomic mass is 9.95. The zero-order chi connectivity index (χ0) is 21.6. The Bertz CT molecular complexity index is 928. The van der Waals surface area contributed by atoms with Crippen LogP contribution in [0.3, 0.4) is 0 Å². The van der Waals surface area contributed by atoms with Gasteiger partial charge in [0.05, 0.1) is 11.6 Å². The highest BCUT2D eigenvalue weighted by atomic mass is 15.3. The van der Waals surface area contributed by atoms with E-state index in [4.69, 9.17) is 9.97 Å². The van der Waals surface area contributed by atoms with Crippen molar-refractivity contribution in [2.24, 2.45) is 0 Å². The van der Waals surface area contributed by atoms with Crippen molar-refractivity contribution in [1.82, 2.24) is 15.3 Å². The largest absolute Gasteiger partial charge is 0.355 e. The fourth-order valence-corrected chi connectivity index (χ4v) is 4.74. The van der Waals surface area contributed by atoms with Gasteiger partial charge < -0.3 is 15.5 Å². The number of anilines is 3. The first-order valence-electron chi connectivity index (χ1n) is 11.8. The maximum atomic E-state index is 9.33. The van der Waals surface area contributed by atoms with E-state index in [9.17, 15) is 5.26 Å². The van der Waals surface area contributed by atoms with Crippen LogP contribution in [0.15, 0.2) is 24.3 Å². The van der Waals surface area contributed by atoms with Crippen LogP contribution in [0.4, 0.5) is 17.5 Å². The van der Waals surface area contributed by atoms with Gasteiger partial charge in [0.1, 0.15) is 5.82 Å². The van der Waals surface area contributed by atoms with Gasteiger partial charge >= 0.3 is 0 Å². The smallest absolute Gasteiger partial charge is 0.229 e. The summed E-state index contributed by atoms with van der Waals surface area (Å²) in [6, 6.07) is 11.4. The van der Waals surface area contributed by atoms with Gasteiger partial charge in [-0.2, -0.15) is 10.2 Å². The van der Waals surface area contributed by atoms with Crippen LogP contribution in [0.5, 0.6) is 0 Å². The molecule has 31 heavy (non-hydrogen) atoms. The van der Waals surface area contributed by atoms with E-state index in [-0.39, 0.29) is 0 Å². The summed E-state index contributed by atoms with van der Waals surface area (Å²) in [6.07, 6.45) is 9.90. The third kappa shape index (κ3) is 5.54. The lowest BCUT2D eigenvalue weighted by Gasteiger charge is -2.26. The third-order valence-electron chi connectivity index (χ3n) is 6.47. The van der Waals surface area contributed by atoms with Crippen molar-refractivity contribution in [3.63, 3.8) is 0 Å². The molecule has 1 aliphatic carbocycles. The minimum atomic E-state index is 0.541. The number of aryl methyl sites for hydroxylation is 2. The summed E-state index contributed by atoms with van der Waals surface area (Å²) in [5.74, 6) is 1.61. The fourth-order valence-electron chi connectivity index (χ4n) is 4.74. The lowest BCUT2D eigenvalue weighted by molar-refractivity contribution is 0.344. The number of nitrogens with one attached hydrogen (secondary N) is 2. The average molecular weight is 419 g/mol. The minimum absolute atomic E-state index is 0.541. The number of hydrogen-bond donors (Lipinski definition) is 2. The highest BCUT2D eigenvalue weighted by Gasteiger charge is 2.26. The highest BCUT2D eigenvalue weighted by Crippen LogP contribution is 2.25. The Balaban J connectivity index is 1.48. The number of benzene rings is 1. The van der Waals surface area contributed by atoms with Crippen molar-refractivity contribution in [2.75, 3.05) is 23.3 Å². The Morgan fingerprint density at radius 1 is 1.10 bits per heavy atom. The van der Waals surface area contributed by atoms with Gasteiger partial charge in [-0.05, 0) is 50.3 Å².